The highest BCUT2D eigenvalue weighted by Gasteiger charge is 2.19. The van der Waals surface area contributed by atoms with E-state index in [1.54, 1.807) is 37.4 Å². The number of aryl methyl sites for hydroxylation is 1. The highest BCUT2D eigenvalue weighted by molar-refractivity contribution is 7.89. The van der Waals surface area contributed by atoms with E-state index >= 15 is 0 Å². The lowest BCUT2D eigenvalue weighted by Gasteiger charge is -2.13. The number of nitrogens with one attached hydrogen (secondary N) is 2. The predicted molar refractivity (Wildman–Crippen MR) is 94.6 cm³/mol. The lowest BCUT2D eigenvalue weighted by molar-refractivity contribution is -0.115. The van der Waals surface area contributed by atoms with Crippen LogP contribution < -0.4 is 10.0 Å². The molecule has 6 nitrogen and oxygen atoms in total. The van der Waals surface area contributed by atoms with Crippen molar-refractivity contribution >= 4 is 33.0 Å². The van der Waals surface area contributed by atoms with Gasteiger partial charge in [-0.2, -0.15) is 11.3 Å². The van der Waals surface area contributed by atoms with E-state index in [0.717, 1.165) is 0 Å². The summed E-state index contributed by atoms with van der Waals surface area (Å²) >= 11 is 1.44. The average molecular weight is 368 g/mol. The average Bonchev–Trinajstić information content (AvgIpc) is 3.07. The molecule has 8 heteroatoms. The number of carbonyl (C=O) groups is 1. The fourth-order valence-corrected chi connectivity index (χ4v) is 4.10. The lowest BCUT2D eigenvalue weighted by atomic mass is 10.2. The normalized spacial score (nSPS) is 12.8. The monoisotopic (exact) mass is 368 g/mol. The number of sulfonamides is 1. The van der Waals surface area contributed by atoms with Crippen LogP contribution in [0, 0.1) is 6.92 Å². The third kappa shape index (κ3) is 4.64. The third-order valence-corrected chi connectivity index (χ3v) is 5.75. The first kappa shape index (κ1) is 18.6. The van der Waals surface area contributed by atoms with Gasteiger partial charge in [-0.3, -0.25) is 4.79 Å². The van der Waals surface area contributed by atoms with E-state index in [-0.39, 0.29) is 17.3 Å². The van der Waals surface area contributed by atoms with Gasteiger partial charge in [-0.15, -0.1) is 0 Å². The Kier molecular flexibility index (Phi) is 6.11. The molecular formula is C16H20N2O4S2. The molecule has 0 spiro atoms. The number of benzene rings is 1. The van der Waals surface area contributed by atoms with Crippen LogP contribution in [0.3, 0.4) is 0 Å². The minimum atomic E-state index is -3.75. The zero-order valence-electron chi connectivity index (χ0n) is 13.4. The second-order valence-corrected chi connectivity index (χ2v) is 7.82. The first-order valence-electron chi connectivity index (χ1n) is 7.44. The van der Waals surface area contributed by atoms with Gasteiger partial charge in [0.05, 0.1) is 11.0 Å². The molecule has 1 amide bonds. The molecule has 1 aromatic heterocycles. The van der Waals surface area contributed by atoms with Gasteiger partial charge in [0.15, 0.2) is 0 Å². The number of amides is 1. The molecule has 0 radical (unpaired) electrons. The van der Waals surface area contributed by atoms with Crippen LogP contribution >= 0.6 is 11.3 Å². The van der Waals surface area contributed by atoms with Crippen molar-refractivity contribution in [2.24, 2.45) is 0 Å². The maximum absolute atomic E-state index is 12.4. The van der Waals surface area contributed by atoms with Crippen LogP contribution in [-0.2, 0) is 14.8 Å². The molecule has 0 aliphatic carbocycles. The summed E-state index contributed by atoms with van der Waals surface area (Å²) in [6.07, 6.45) is -0.546. The number of aliphatic hydroxyl groups excluding tert-OH is 1. The summed E-state index contributed by atoms with van der Waals surface area (Å²) in [5.41, 5.74) is 1.75. The van der Waals surface area contributed by atoms with Crippen molar-refractivity contribution < 1.29 is 18.3 Å². The van der Waals surface area contributed by atoms with E-state index < -0.39 is 16.1 Å². The third-order valence-electron chi connectivity index (χ3n) is 3.46. The Hall–Kier alpha value is -1.74. The predicted octanol–water partition coefficient (Wildman–Crippen LogP) is 2.42. The highest BCUT2D eigenvalue weighted by atomic mass is 32.2. The summed E-state index contributed by atoms with van der Waals surface area (Å²) in [5, 5.41) is 16.3. The van der Waals surface area contributed by atoms with E-state index in [9.17, 15) is 18.3 Å². The topological polar surface area (TPSA) is 95.5 Å². The molecule has 2 aromatic rings. The molecule has 0 saturated heterocycles. The van der Waals surface area contributed by atoms with E-state index in [1.807, 2.05) is 5.38 Å². The van der Waals surface area contributed by atoms with Crippen LogP contribution in [0.4, 0.5) is 5.69 Å². The quantitative estimate of drug-likeness (QED) is 0.699. The molecule has 0 aliphatic rings. The Balaban J connectivity index is 2.10. The summed E-state index contributed by atoms with van der Waals surface area (Å²) in [5.74, 6) is -0.137. The molecule has 0 saturated carbocycles. The second kappa shape index (κ2) is 7.89. The van der Waals surface area contributed by atoms with E-state index in [0.29, 0.717) is 23.2 Å². The molecule has 3 N–H and O–H groups in total. The van der Waals surface area contributed by atoms with Crippen LogP contribution in [0.2, 0.25) is 0 Å². The largest absolute Gasteiger partial charge is 0.387 e. The van der Waals surface area contributed by atoms with Crippen molar-refractivity contribution in [1.82, 2.24) is 4.72 Å². The fourth-order valence-electron chi connectivity index (χ4n) is 2.13. The first-order chi connectivity index (χ1) is 11.3. The van der Waals surface area contributed by atoms with E-state index in [4.69, 9.17) is 0 Å². The lowest BCUT2D eigenvalue weighted by Crippen LogP contribution is -2.29. The van der Waals surface area contributed by atoms with Crippen molar-refractivity contribution in [2.75, 3.05) is 11.9 Å². The molecule has 0 bridgehead atoms. The van der Waals surface area contributed by atoms with Crippen LogP contribution in [0.25, 0.3) is 0 Å². The molecule has 130 valence electrons. The number of rotatable bonds is 7. The minimum Gasteiger partial charge on any atom is -0.387 e. The van der Waals surface area contributed by atoms with Crippen LogP contribution in [0.15, 0.2) is 39.9 Å². The maximum Gasteiger partial charge on any atom is 0.240 e. The molecule has 0 fully saturated rings. The van der Waals surface area contributed by atoms with Crippen LogP contribution in [0.1, 0.15) is 30.6 Å². The fraction of sp³-hybridized carbons (Fsp3) is 0.312. The van der Waals surface area contributed by atoms with Gasteiger partial charge in [0.1, 0.15) is 0 Å². The standard InChI is InChI=1S/C16H20N2O4S2/c1-3-16(20)18-13-4-5-15(11(2)8-13)24(21,22)17-9-14(19)12-6-7-23-10-12/h4-8,10,14,17,19H,3,9H2,1-2H3,(H,18,20). The second-order valence-electron chi connectivity index (χ2n) is 5.31. The summed E-state index contributed by atoms with van der Waals surface area (Å²) in [6.45, 7) is 3.29. The van der Waals surface area contributed by atoms with Crippen molar-refractivity contribution in [1.29, 1.82) is 0 Å². The summed E-state index contributed by atoms with van der Waals surface area (Å²) < 4.78 is 27.2. The Morgan fingerprint density at radius 1 is 1.33 bits per heavy atom. The molecule has 1 atom stereocenters. The van der Waals surface area contributed by atoms with Crippen molar-refractivity contribution in [3.63, 3.8) is 0 Å². The van der Waals surface area contributed by atoms with Gasteiger partial charge in [0.25, 0.3) is 0 Å². The minimum absolute atomic E-state index is 0.104. The maximum atomic E-state index is 12.4. The number of carbonyl (C=O) groups excluding carboxylic acids is 1. The number of hydrogen-bond acceptors (Lipinski definition) is 5. The van der Waals surface area contributed by atoms with E-state index in [1.165, 1.54) is 17.4 Å². The smallest absolute Gasteiger partial charge is 0.240 e. The first-order valence-corrected chi connectivity index (χ1v) is 9.86. The Morgan fingerprint density at radius 2 is 2.08 bits per heavy atom. The summed E-state index contributed by atoms with van der Waals surface area (Å²) in [6, 6.07) is 6.35. The molecule has 1 heterocycles. The summed E-state index contributed by atoms with van der Waals surface area (Å²) in [7, 11) is -3.75. The highest BCUT2D eigenvalue weighted by Crippen LogP contribution is 2.21. The van der Waals surface area contributed by atoms with Gasteiger partial charge in [-0.1, -0.05) is 6.92 Å². The van der Waals surface area contributed by atoms with Gasteiger partial charge in [-0.05, 0) is 53.1 Å². The molecule has 0 aliphatic heterocycles. The van der Waals surface area contributed by atoms with Gasteiger partial charge in [0, 0.05) is 18.7 Å². The van der Waals surface area contributed by atoms with Crippen molar-refractivity contribution in [3.05, 3.63) is 46.2 Å². The molecule has 1 aromatic carbocycles. The zero-order valence-corrected chi connectivity index (χ0v) is 15.1. The Morgan fingerprint density at radius 3 is 2.67 bits per heavy atom. The SMILES string of the molecule is CCC(=O)Nc1ccc(S(=O)(=O)NCC(O)c2ccsc2)c(C)c1. The number of hydrogen-bond donors (Lipinski definition) is 3. The molecule has 2 rings (SSSR count). The zero-order chi connectivity index (χ0) is 17.7. The van der Waals surface area contributed by atoms with Crippen LogP contribution in [0.5, 0.6) is 0 Å². The molecular weight excluding hydrogens is 348 g/mol. The number of thiophene rings is 1. The van der Waals surface area contributed by atoms with Crippen molar-refractivity contribution in [2.45, 2.75) is 31.3 Å². The number of aliphatic hydroxyl groups is 1. The molecule has 24 heavy (non-hydrogen) atoms. The summed E-state index contributed by atoms with van der Waals surface area (Å²) in [4.78, 5) is 11.5. The Bertz CT molecular complexity index is 801. The van der Waals surface area contributed by atoms with Gasteiger partial charge >= 0.3 is 0 Å². The number of anilines is 1. The van der Waals surface area contributed by atoms with Crippen LogP contribution in [-0.4, -0.2) is 26.0 Å². The van der Waals surface area contributed by atoms with E-state index in [2.05, 4.69) is 10.0 Å². The van der Waals surface area contributed by atoms with Gasteiger partial charge < -0.3 is 10.4 Å². The van der Waals surface area contributed by atoms with Gasteiger partial charge in [-0.25, -0.2) is 13.1 Å². The van der Waals surface area contributed by atoms with Gasteiger partial charge in [0.2, 0.25) is 15.9 Å². The van der Waals surface area contributed by atoms with Crippen molar-refractivity contribution in [3.8, 4) is 0 Å². The Labute approximate surface area is 145 Å². The molecule has 1 unspecified atom stereocenters.